The first-order valence-electron chi connectivity index (χ1n) is 6.46. The topological polar surface area (TPSA) is 59.1 Å². The molecule has 4 nitrogen and oxygen atoms in total. The molecule has 0 amide bonds. The summed E-state index contributed by atoms with van der Waals surface area (Å²) < 4.78 is 22.8. The zero-order chi connectivity index (χ0) is 14.6. The maximum absolute atomic E-state index is 11.4. The summed E-state index contributed by atoms with van der Waals surface area (Å²) in [6.07, 6.45) is 2.31. The molecule has 0 fully saturated rings. The van der Waals surface area contributed by atoms with Crippen molar-refractivity contribution in [1.82, 2.24) is 10.3 Å². The summed E-state index contributed by atoms with van der Waals surface area (Å²) in [4.78, 5) is 4.89. The average Bonchev–Trinajstić information content (AvgIpc) is 2.87. The van der Waals surface area contributed by atoms with Crippen LogP contribution in [0.15, 0.2) is 34.5 Å². The normalized spacial score (nSPS) is 11.7. The monoisotopic (exact) mass is 310 g/mol. The Balaban J connectivity index is 2.12. The van der Waals surface area contributed by atoms with E-state index in [2.05, 4.69) is 17.2 Å². The zero-order valence-corrected chi connectivity index (χ0v) is 13.2. The minimum absolute atomic E-state index is 0.335. The molecule has 0 saturated heterocycles. The van der Waals surface area contributed by atoms with Gasteiger partial charge in [0.2, 0.25) is 0 Å². The van der Waals surface area contributed by atoms with Gasteiger partial charge in [-0.15, -0.1) is 11.3 Å². The molecule has 6 heteroatoms. The molecule has 0 bridgehead atoms. The molecular weight excluding hydrogens is 292 g/mol. The number of sulfone groups is 1. The Bertz CT molecular complexity index is 661. The molecule has 0 aliphatic heterocycles. The number of rotatable bonds is 6. The second-order valence-electron chi connectivity index (χ2n) is 4.60. The number of hydrogen-bond acceptors (Lipinski definition) is 5. The Labute approximate surface area is 123 Å². The highest BCUT2D eigenvalue weighted by Gasteiger charge is 2.08. The van der Waals surface area contributed by atoms with Crippen LogP contribution < -0.4 is 5.32 Å². The quantitative estimate of drug-likeness (QED) is 0.834. The molecule has 108 valence electrons. The van der Waals surface area contributed by atoms with Gasteiger partial charge in [-0.3, -0.25) is 0 Å². The van der Waals surface area contributed by atoms with Gasteiger partial charge in [0.15, 0.2) is 9.84 Å². The van der Waals surface area contributed by atoms with Crippen molar-refractivity contribution < 1.29 is 8.42 Å². The third kappa shape index (κ3) is 3.88. The summed E-state index contributed by atoms with van der Waals surface area (Å²) in [7, 11) is -3.14. The van der Waals surface area contributed by atoms with E-state index in [0.717, 1.165) is 35.8 Å². The molecule has 0 aliphatic rings. The molecule has 0 aliphatic carbocycles. The van der Waals surface area contributed by atoms with Crippen LogP contribution in [0.4, 0.5) is 0 Å². The number of nitrogens with one attached hydrogen (secondary N) is 1. The lowest BCUT2D eigenvalue weighted by molar-refractivity contribution is 0.602. The van der Waals surface area contributed by atoms with Crippen molar-refractivity contribution in [2.45, 2.75) is 24.8 Å². The van der Waals surface area contributed by atoms with Crippen LogP contribution in [0.2, 0.25) is 0 Å². The second-order valence-corrected chi connectivity index (χ2v) is 7.56. The fraction of sp³-hybridized carbons (Fsp3) is 0.357. The lowest BCUT2D eigenvalue weighted by Crippen LogP contribution is -2.13. The molecule has 2 rings (SSSR count). The number of nitrogens with zero attached hydrogens (tertiary/aromatic N) is 1. The molecular formula is C14H18N2O2S2. The van der Waals surface area contributed by atoms with Crippen molar-refractivity contribution in [2.24, 2.45) is 0 Å². The fourth-order valence-electron chi connectivity index (χ4n) is 1.77. The van der Waals surface area contributed by atoms with Crippen LogP contribution in [0.3, 0.4) is 0 Å². The van der Waals surface area contributed by atoms with Gasteiger partial charge in [0.1, 0.15) is 5.01 Å². The van der Waals surface area contributed by atoms with E-state index in [4.69, 9.17) is 0 Å². The predicted molar refractivity (Wildman–Crippen MR) is 82.7 cm³/mol. The van der Waals surface area contributed by atoms with E-state index in [9.17, 15) is 8.42 Å². The SMILES string of the molecule is CCCNCc1nc(-c2ccc(S(C)(=O)=O)cc2)cs1. The van der Waals surface area contributed by atoms with E-state index in [1.165, 1.54) is 6.26 Å². The molecule has 0 saturated carbocycles. The minimum atomic E-state index is -3.14. The first-order valence-corrected chi connectivity index (χ1v) is 9.23. The minimum Gasteiger partial charge on any atom is -0.310 e. The Morgan fingerprint density at radius 2 is 1.95 bits per heavy atom. The van der Waals surface area contributed by atoms with Crippen LogP contribution in [0.25, 0.3) is 11.3 Å². The van der Waals surface area contributed by atoms with Crippen molar-refractivity contribution in [3.05, 3.63) is 34.7 Å². The largest absolute Gasteiger partial charge is 0.310 e. The van der Waals surface area contributed by atoms with Crippen LogP contribution in [-0.4, -0.2) is 26.2 Å². The fourth-order valence-corrected chi connectivity index (χ4v) is 3.17. The number of aromatic nitrogens is 1. The van der Waals surface area contributed by atoms with Crippen molar-refractivity contribution >= 4 is 21.2 Å². The van der Waals surface area contributed by atoms with E-state index < -0.39 is 9.84 Å². The summed E-state index contributed by atoms with van der Waals surface area (Å²) in [5.74, 6) is 0. The van der Waals surface area contributed by atoms with Gasteiger partial charge >= 0.3 is 0 Å². The van der Waals surface area contributed by atoms with Crippen LogP contribution in [-0.2, 0) is 16.4 Å². The summed E-state index contributed by atoms with van der Waals surface area (Å²) in [5.41, 5.74) is 1.83. The highest BCUT2D eigenvalue weighted by Crippen LogP contribution is 2.23. The molecule has 0 radical (unpaired) electrons. The molecule has 0 unspecified atom stereocenters. The molecule has 0 atom stereocenters. The molecule has 20 heavy (non-hydrogen) atoms. The van der Waals surface area contributed by atoms with Gasteiger partial charge in [-0.05, 0) is 25.1 Å². The summed E-state index contributed by atoms with van der Waals surface area (Å²) in [6.45, 7) is 3.89. The summed E-state index contributed by atoms with van der Waals surface area (Å²) >= 11 is 1.61. The maximum atomic E-state index is 11.4. The van der Waals surface area contributed by atoms with Gasteiger partial charge in [0.05, 0.1) is 10.6 Å². The van der Waals surface area contributed by atoms with E-state index >= 15 is 0 Å². The maximum Gasteiger partial charge on any atom is 0.175 e. The first-order chi connectivity index (χ1) is 9.50. The van der Waals surface area contributed by atoms with E-state index in [-0.39, 0.29) is 0 Å². The van der Waals surface area contributed by atoms with Crippen molar-refractivity contribution in [3.8, 4) is 11.3 Å². The first kappa shape index (κ1) is 15.2. The van der Waals surface area contributed by atoms with Crippen molar-refractivity contribution in [3.63, 3.8) is 0 Å². The Morgan fingerprint density at radius 3 is 2.55 bits per heavy atom. The summed E-state index contributed by atoms with van der Waals surface area (Å²) in [6, 6.07) is 6.85. The Kier molecular flexibility index (Phi) is 4.91. The van der Waals surface area contributed by atoms with Gasteiger partial charge in [0.25, 0.3) is 0 Å². The predicted octanol–water partition coefficient (Wildman–Crippen LogP) is 2.71. The average molecular weight is 310 g/mol. The molecule has 0 spiro atoms. The lowest BCUT2D eigenvalue weighted by atomic mass is 10.2. The highest BCUT2D eigenvalue weighted by atomic mass is 32.2. The molecule has 1 aromatic heterocycles. The van der Waals surface area contributed by atoms with E-state index in [1.54, 1.807) is 35.6 Å². The van der Waals surface area contributed by atoms with Gasteiger partial charge in [-0.2, -0.15) is 0 Å². The summed E-state index contributed by atoms with van der Waals surface area (Å²) in [5, 5.41) is 6.35. The zero-order valence-electron chi connectivity index (χ0n) is 11.6. The molecule has 1 aromatic carbocycles. The second kappa shape index (κ2) is 6.47. The van der Waals surface area contributed by atoms with Gasteiger partial charge in [0, 0.05) is 23.7 Å². The smallest absolute Gasteiger partial charge is 0.175 e. The molecule has 2 aromatic rings. The van der Waals surface area contributed by atoms with Crippen LogP contribution in [0, 0.1) is 0 Å². The standard InChI is InChI=1S/C14H18N2O2S2/c1-3-8-15-9-14-16-13(10-19-14)11-4-6-12(7-5-11)20(2,17)18/h4-7,10,15H,3,8-9H2,1-2H3. The third-order valence-corrected chi connectivity index (χ3v) is 4.81. The van der Waals surface area contributed by atoms with Gasteiger partial charge in [-0.25, -0.2) is 13.4 Å². The van der Waals surface area contributed by atoms with E-state index in [1.807, 2.05) is 5.38 Å². The number of thiazole rings is 1. The molecule has 1 N–H and O–H groups in total. The molecule has 1 heterocycles. The van der Waals surface area contributed by atoms with Crippen LogP contribution in [0.1, 0.15) is 18.4 Å². The van der Waals surface area contributed by atoms with Gasteiger partial charge < -0.3 is 5.32 Å². The van der Waals surface area contributed by atoms with Crippen molar-refractivity contribution in [1.29, 1.82) is 0 Å². The number of hydrogen-bond donors (Lipinski definition) is 1. The Morgan fingerprint density at radius 1 is 1.25 bits per heavy atom. The highest BCUT2D eigenvalue weighted by molar-refractivity contribution is 7.90. The lowest BCUT2D eigenvalue weighted by Gasteiger charge is -2.00. The van der Waals surface area contributed by atoms with Crippen molar-refractivity contribution in [2.75, 3.05) is 12.8 Å². The third-order valence-electron chi connectivity index (χ3n) is 2.83. The van der Waals surface area contributed by atoms with Crippen LogP contribution >= 0.6 is 11.3 Å². The van der Waals surface area contributed by atoms with Crippen LogP contribution in [0.5, 0.6) is 0 Å². The van der Waals surface area contributed by atoms with E-state index in [0.29, 0.717) is 4.90 Å². The Hall–Kier alpha value is -1.24. The number of benzene rings is 1. The van der Waals surface area contributed by atoms with Gasteiger partial charge in [-0.1, -0.05) is 19.1 Å².